The first-order valence-electron chi connectivity index (χ1n) is 6.12. The van der Waals surface area contributed by atoms with Crippen LogP contribution in [0.5, 0.6) is 0 Å². The normalized spacial score (nSPS) is 10.4. The van der Waals surface area contributed by atoms with Crippen molar-refractivity contribution in [2.24, 2.45) is 0 Å². The van der Waals surface area contributed by atoms with Crippen molar-refractivity contribution in [3.8, 4) is 0 Å². The van der Waals surface area contributed by atoms with Gasteiger partial charge in [0.2, 0.25) is 5.91 Å². The predicted octanol–water partition coefficient (Wildman–Crippen LogP) is 4.60. The first kappa shape index (κ1) is 16.0. The van der Waals surface area contributed by atoms with E-state index in [1.54, 1.807) is 24.3 Å². The monoisotopic (exact) mass is 371 g/mol. The molecule has 0 saturated heterocycles. The second-order valence-corrected chi connectivity index (χ2v) is 6.16. The Morgan fingerprint density at radius 2 is 1.90 bits per heavy atom. The predicted molar refractivity (Wildman–Crippen MR) is 85.3 cm³/mol. The number of thioether (sulfide) groups is 1. The maximum atomic E-state index is 13.5. The molecular weight excluding hydrogens is 360 g/mol. The van der Waals surface area contributed by atoms with Crippen LogP contribution in [0, 0.1) is 11.6 Å². The van der Waals surface area contributed by atoms with Gasteiger partial charge in [0.15, 0.2) is 0 Å². The maximum absolute atomic E-state index is 13.5. The third-order valence-corrected chi connectivity index (χ3v) is 4.13. The van der Waals surface area contributed by atoms with Gasteiger partial charge in [0, 0.05) is 10.2 Å². The Balaban J connectivity index is 1.84. The van der Waals surface area contributed by atoms with Crippen LogP contribution in [0.1, 0.15) is 5.56 Å². The van der Waals surface area contributed by atoms with Crippen LogP contribution in [-0.4, -0.2) is 11.7 Å². The SMILES string of the molecule is O=C(CSCc1ccccc1F)Nc1ccc(Br)cc1F. The van der Waals surface area contributed by atoms with E-state index in [-0.39, 0.29) is 23.2 Å². The number of halogens is 3. The van der Waals surface area contributed by atoms with E-state index in [2.05, 4.69) is 21.2 Å². The number of nitrogens with one attached hydrogen (secondary N) is 1. The largest absolute Gasteiger partial charge is 0.323 e. The highest BCUT2D eigenvalue weighted by Crippen LogP contribution is 2.20. The van der Waals surface area contributed by atoms with Crippen molar-refractivity contribution in [1.29, 1.82) is 0 Å². The Bertz CT molecular complexity index is 651. The van der Waals surface area contributed by atoms with E-state index >= 15 is 0 Å². The van der Waals surface area contributed by atoms with E-state index in [1.165, 1.54) is 30.0 Å². The van der Waals surface area contributed by atoms with Crippen molar-refractivity contribution >= 4 is 39.3 Å². The fraction of sp³-hybridized carbons (Fsp3) is 0.133. The zero-order valence-electron chi connectivity index (χ0n) is 10.9. The Kier molecular flexibility index (Phi) is 5.76. The minimum Gasteiger partial charge on any atom is -0.323 e. The molecule has 21 heavy (non-hydrogen) atoms. The van der Waals surface area contributed by atoms with Gasteiger partial charge < -0.3 is 5.32 Å². The Morgan fingerprint density at radius 1 is 1.14 bits per heavy atom. The molecule has 6 heteroatoms. The van der Waals surface area contributed by atoms with Crippen molar-refractivity contribution in [2.45, 2.75) is 5.75 Å². The van der Waals surface area contributed by atoms with Gasteiger partial charge in [0.1, 0.15) is 11.6 Å². The minimum atomic E-state index is -0.503. The number of amides is 1. The highest BCUT2D eigenvalue weighted by Gasteiger charge is 2.08. The van der Waals surface area contributed by atoms with Crippen molar-refractivity contribution < 1.29 is 13.6 Å². The quantitative estimate of drug-likeness (QED) is 0.831. The van der Waals surface area contributed by atoms with E-state index < -0.39 is 5.82 Å². The van der Waals surface area contributed by atoms with Gasteiger partial charge in [0.25, 0.3) is 0 Å². The van der Waals surface area contributed by atoms with Crippen LogP contribution in [0.2, 0.25) is 0 Å². The van der Waals surface area contributed by atoms with Crippen LogP contribution in [0.3, 0.4) is 0 Å². The zero-order valence-corrected chi connectivity index (χ0v) is 13.3. The molecule has 110 valence electrons. The molecule has 1 N–H and O–H groups in total. The summed E-state index contributed by atoms with van der Waals surface area (Å²) in [6.07, 6.45) is 0. The smallest absolute Gasteiger partial charge is 0.234 e. The summed E-state index contributed by atoms with van der Waals surface area (Å²) in [5.74, 6) is -0.592. The summed E-state index contributed by atoms with van der Waals surface area (Å²) >= 11 is 4.42. The lowest BCUT2D eigenvalue weighted by Crippen LogP contribution is -2.15. The summed E-state index contributed by atoms with van der Waals surface area (Å²) in [5, 5.41) is 2.49. The lowest BCUT2D eigenvalue weighted by Gasteiger charge is -2.07. The molecule has 0 radical (unpaired) electrons. The number of rotatable bonds is 5. The fourth-order valence-electron chi connectivity index (χ4n) is 1.65. The van der Waals surface area contributed by atoms with Gasteiger partial charge in [0.05, 0.1) is 11.4 Å². The molecule has 0 aromatic heterocycles. The standard InChI is InChI=1S/C15H12BrF2NOS/c16-11-5-6-14(13(18)7-11)19-15(20)9-21-8-10-3-1-2-4-12(10)17/h1-7H,8-9H2,(H,19,20). The van der Waals surface area contributed by atoms with Gasteiger partial charge in [-0.1, -0.05) is 34.1 Å². The van der Waals surface area contributed by atoms with Crippen LogP contribution in [0.25, 0.3) is 0 Å². The number of hydrogen-bond donors (Lipinski definition) is 1. The Morgan fingerprint density at radius 3 is 2.62 bits per heavy atom. The van der Waals surface area contributed by atoms with Gasteiger partial charge in [-0.25, -0.2) is 8.78 Å². The van der Waals surface area contributed by atoms with Gasteiger partial charge >= 0.3 is 0 Å². The molecule has 2 nitrogen and oxygen atoms in total. The van der Waals surface area contributed by atoms with E-state index in [0.717, 1.165) is 0 Å². The molecule has 1 amide bonds. The molecule has 0 aliphatic heterocycles. The summed E-state index contributed by atoms with van der Waals surface area (Å²) in [5.41, 5.74) is 0.680. The van der Waals surface area contributed by atoms with Crippen molar-refractivity contribution in [3.05, 3.63) is 64.1 Å². The number of hydrogen-bond acceptors (Lipinski definition) is 2. The molecule has 0 atom stereocenters. The van der Waals surface area contributed by atoms with Gasteiger partial charge in [-0.3, -0.25) is 4.79 Å². The number of anilines is 1. The molecule has 0 fully saturated rings. The first-order valence-corrected chi connectivity index (χ1v) is 8.07. The molecule has 2 rings (SSSR count). The van der Waals surface area contributed by atoms with Crippen LogP contribution in [-0.2, 0) is 10.5 Å². The van der Waals surface area contributed by atoms with Crippen LogP contribution < -0.4 is 5.32 Å². The van der Waals surface area contributed by atoms with Gasteiger partial charge in [-0.2, -0.15) is 0 Å². The molecule has 0 aliphatic carbocycles. The average Bonchev–Trinajstić information content (AvgIpc) is 2.44. The van der Waals surface area contributed by atoms with Crippen molar-refractivity contribution in [2.75, 3.05) is 11.1 Å². The molecule has 0 spiro atoms. The van der Waals surface area contributed by atoms with Crippen LogP contribution in [0.15, 0.2) is 46.9 Å². The van der Waals surface area contributed by atoms with Gasteiger partial charge in [-0.15, -0.1) is 11.8 Å². The van der Waals surface area contributed by atoms with Crippen molar-refractivity contribution in [3.63, 3.8) is 0 Å². The highest BCUT2D eigenvalue weighted by atomic mass is 79.9. The number of carbonyl (C=O) groups excluding carboxylic acids is 1. The topological polar surface area (TPSA) is 29.1 Å². The summed E-state index contributed by atoms with van der Waals surface area (Å²) < 4.78 is 27.5. The lowest BCUT2D eigenvalue weighted by molar-refractivity contribution is -0.113. The maximum Gasteiger partial charge on any atom is 0.234 e. The minimum absolute atomic E-state index is 0.129. The second kappa shape index (κ2) is 7.56. The van der Waals surface area contributed by atoms with E-state index in [9.17, 15) is 13.6 Å². The van der Waals surface area contributed by atoms with Crippen LogP contribution >= 0.6 is 27.7 Å². The summed E-state index contributed by atoms with van der Waals surface area (Å²) in [7, 11) is 0. The third-order valence-electron chi connectivity index (χ3n) is 2.65. The molecule has 0 heterocycles. The summed E-state index contributed by atoms with van der Waals surface area (Å²) in [6, 6.07) is 10.8. The average molecular weight is 372 g/mol. The van der Waals surface area contributed by atoms with E-state index in [1.807, 2.05) is 0 Å². The highest BCUT2D eigenvalue weighted by molar-refractivity contribution is 9.10. The zero-order chi connectivity index (χ0) is 15.2. The molecule has 2 aromatic rings. The van der Waals surface area contributed by atoms with E-state index in [0.29, 0.717) is 15.8 Å². The number of carbonyl (C=O) groups is 1. The number of benzene rings is 2. The molecule has 0 bridgehead atoms. The molecular formula is C15H12BrF2NOS. The van der Waals surface area contributed by atoms with Crippen LogP contribution in [0.4, 0.5) is 14.5 Å². The molecule has 0 saturated carbocycles. The van der Waals surface area contributed by atoms with Crippen molar-refractivity contribution in [1.82, 2.24) is 0 Å². The Hall–Kier alpha value is -1.40. The Labute approximate surface area is 134 Å². The molecule has 0 unspecified atom stereocenters. The second-order valence-electron chi connectivity index (χ2n) is 4.26. The third kappa shape index (κ3) is 4.82. The fourth-order valence-corrected chi connectivity index (χ4v) is 2.79. The lowest BCUT2D eigenvalue weighted by atomic mass is 10.2. The summed E-state index contributed by atoms with van der Waals surface area (Å²) in [4.78, 5) is 11.7. The molecule has 0 aliphatic rings. The summed E-state index contributed by atoms with van der Waals surface area (Å²) in [6.45, 7) is 0. The van der Waals surface area contributed by atoms with Gasteiger partial charge in [-0.05, 0) is 29.8 Å². The van der Waals surface area contributed by atoms with E-state index in [4.69, 9.17) is 0 Å². The first-order chi connectivity index (χ1) is 10.1. The molecule has 2 aromatic carbocycles.